The fraction of sp³-hybridized carbons (Fsp3) is 0.364. The van der Waals surface area contributed by atoms with Gasteiger partial charge < -0.3 is 5.01 Å². The molecule has 0 saturated heterocycles. The number of rotatable bonds is 2. The number of nitrogens with zero attached hydrogens (tertiary/aromatic N) is 2. The first kappa shape index (κ1) is 9.78. The predicted molar refractivity (Wildman–Crippen MR) is 57.1 cm³/mol. The molecule has 1 aromatic carbocycles. The largest absolute Gasteiger partial charge is 0.303 e. The zero-order valence-electron chi connectivity index (χ0n) is 8.70. The van der Waals surface area contributed by atoms with Gasteiger partial charge in [-0.3, -0.25) is 0 Å². The Morgan fingerprint density at radius 2 is 1.85 bits per heavy atom. The van der Waals surface area contributed by atoms with Gasteiger partial charge in [0.1, 0.15) is 0 Å². The summed E-state index contributed by atoms with van der Waals surface area (Å²) in [6.07, 6.45) is 0. The molecule has 0 aliphatic rings. The van der Waals surface area contributed by atoms with Crippen molar-refractivity contribution in [2.24, 2.45) is 5.10 Å². The third-order valence-electron chi connectivity index (χ3n) is 1.88. The molecule has 13 heavy (non-hydrogen) atoms. The van der Waals surface area contributed by atoms with E-state index in [1.807, 2.05) is 38.2 Å². The molecular formula is C11H16N2. The lowest BCUT2D eigenvalue weighted by Crippen LogP contribution is -2.08. The van der Waals surface area contributed by atoms with Crippen LogP contribution >= 0.6 is 0 Å². The SMILES string of the molecule is C/C(=N\N(C)C)c1ccccc1C. The molecule has 0 heterocycles. The van der Waals surface area contributed by atoms with Crippen LogP contribution in [0.5, 0.6) is 0 Å². The van der Waals surface area contributed by atoms with Crippen LogP contribution in [0.2, 0.25) is 0 Å². The van der Waals surface area contributed by atoms with Crippen LogP contribution in [-0.2, 0) is 0 Å². The molecule has 2 heteroatoms. The highest BCUT2D eigenvalue weighted by Crippen LogP contribution is 2.08. The molecule has 2 nitrogen and oxygen atoms in total. The fourth-order valence-corrected chi connectivity index (χ4v) is 1.33. The zero-order valence-corrected chi connectivity index (χ0v) is 8.70. The van der Waals surface area contributed by atoms with Gasteiger partial charge in [0.05, 0.1) is 5.71 Å². The lowest BCUT2D eigenvalue weighted by Gasteiger charge is -2.09. The van der Waals surface area contributed by atoms with E-state index in [1.54, 1.807) is 0 Å². The third kappa shape index (κ3) is 2.58. The molecule has 0 unspecified atom stereocenters. The van der Waals surface area contributed by atoms with Crippen LogP contribution in [0.4, 0.5) is 0 Å². The minimum atomic E-state index is 1.06. The second-order valence-corrected chi connectivity index (χ2v) is 3.35. The molecular weight excluding hydrogens is 160 g/mol. The summed E-state index contributed by atoms with van der Waals surface area (Å²) in [5.74, 6) is 0. The zero-order chi connectivity index (χ0) is 9.84. The maximum atomic E-state index is 4.36. The first-order chi connectivity index (χ1) is 6.11. The topological polar surface area (TPSA) is 15.6 Å². The Labute approximate surface area is 79.9 Å². The Kier molecular flexibility index (Phi) is 3.07. The van der Waals surface area contributed by atoms with Crippen LogP contribution in [0.1, 0.15) is 18.1 Å². The highest BCUT2D eigenvalue weighted by atomic mass is 15.4. The summed E-state index contributed by atoms with van der Waals surface area (Å²) in [6.45, 7) is 4.13. The van der Waals surface area contributed by atoms with E-state index in [0.29, 0.717) is 0 Å². The first-order valence-electron chi connectivity index (χ1n) is 4.40. The van der Waals surface area contributed by atoms with Crippen LogP contribution < -0.4 is 0 Å². The molecule has 0 N–H and O–H groups in total. The van der Waals surface area contributed by atoms with Gasteiger partial charge in [0.15, 0.2) is 0 Å². The van der Waals surface area contributed by atoms with Crippen molar-refractivity contribution in [3.63, 3.8) is 0 Å². The van der Waals surface area contributed by atoms with Crippen molar-refractivity contribution in [3.8, 4) is 0 Å². The standard InChI is InChI=1S/C11H16N2/c1-9-7-5-6-8-11(9)10(2)12-13(3)4/h5-8H,1-4H3/b12-10+. The van der Waals surface area contributed by atoms with Crippen LogP contribution in [0, 0.1) is 6.92 Å². The van der Waals surface area contributed by atoms with Crippen molar-refractivity contribution in [2.75, 3.05) is 14.1 Å². The normalized spacial score (nSPS) is 11.5. The van der Waals surface area contributed by atoms with Gasteiger partial charge in [-0.2, -0.15) is 5.10 Å². The Morgan fingerprint density at radius 1 is 1.23 bits per heavy atom. The van der Waals surface area contributed by atoms with Gasteiger partial charge in [0, 0.05) is 19.7 Å². The maximum absolute atomic E-state index is 4.36. The smallest absolute Gasteiger partial charge is 0.0649 e. The van der Waals surface area contributed by atoms with Crippen molar-refractivity contribution >= 4 is 5.71 Å². The van der Waals surface area contributed by atoms with E-state index in [1.165, 1.54) is 11.1 Å². The number of aryl methyl sites for hydroxylation is 1. The van der Waals surface area contributed by atoms with E-state index in [2.05, 4.69) is 24.2 Å². The van der Waals surface area contributed by atoms with Gasteiger partial charge in [-0.05, 0) is 19.4 Å². The van der Waals surface area contributed by atoms with Gasteiger partial charge in [0.2, 0.25) is 0 Å². The van der Waals surface area contributed by atoms with Gasteiger partial charge in [-0.25, -0.2) is 0 Å². The second kappa shape index (κ2) is 4.08. The molecule has 0 atom stereocenters. The first-order valence-corrected chi connectivity index (χ1v) is 4.40. The molecule has 0 saturated carbocycles. The summed E-state index contributed by atoms with van der Waals surface area (Å²) in [5.41, 5.74) is 3.55. The fourth-order valence-electron chi connectivity index (χ4n) is 1.33. The lowest BCUT2D eigenvalue weighted by atomic mass is 10.1. The van der Waals surface area contributed by atoms with E-state index in [-0.39, 0.29) is 0 Å². The van der Waals surface area contributed by atoms with Crippen LogP contribution in [0.15, 0.2) is 29.4 Å². The summed E-state index contributed by atoms with van der Waals surface area (Å²) >= 11 is 0. The van der Waals surface area contributed by atoms with E-state index < -0.39 is 0 Å². The van der Waals surface area contributed by atoms with Gasteiger partial charge in [0.25, 0.3) is 0 Å². The Bertz CT molecular complexity index is 314. The highest BCUT2D eigenvalue weighted by Gasteiger charge is 2.00. The summed E-state index contributed by atoms with van der Waals surface area (Å²) < 4.78 is 0. The monoisotopic (exact) mass is 176 g/mol. The molecule has 0 amide bonds. The van der Waals surface area contributed by atoms with Gasteiger partial charge in [-0.1, -0.05) is 24.3 Å². The summed E-state index contributed by atoms with van der Waals surface area (Å²) in [7, 11) is 3.86. The van der Waals surface area contributed by atoms with Crippen molar-refractivity contribution in [2.45, 2.75) is 13.8 Å². The summed E-state index contributed by atoms with van der Waals surface area (Å²) in [6, 6.07) is 8.28. The Morgan fingerprint density at radius 3 is 2.38 bits per heavy atom. The van der Waals surface area contributed by atoms with Crippen LogP contribution in [0.25, 0.3) is 0 Å². The highest BCUT2D eigenvalue weighted by molar-refractivity contribution is 5.99. The molecule has 0 spiro atoms. The summed E-state index contributed by atoms with van der Waals surface area (Å²) in [5, 5.41) is 6.18. The molecule has 0 fully saturated rings. The van der Waals surface area contributed by atoms with Crippen molar-refractivity contribution in [1.29, 1.82) is 0 Å². The van der Waals surface area contributed by atoms with E-state index in [9.17, 15) is 0 Å². The molecule has 0 aliphatic carbocycles. The molecule has 0 aromatic heterocycles. The number of hydrogen-bond donors (Lipinski definition) is 0. The van der Waals surface area contributed by atoms with Gasteiger partial charge in [-0.15, -0.1) is 0 Å². The number of hydrazone groups is 1. The van der Waals surface area contributed by atoms with Crippen LogP contribution in [0.3, 0.4) is 0 Å². The lowest BCUT2D eigenvalue weighted by molar-refractivity contribution is 0.438. The molecule has 0 radical (unpaired) electrons. The van der Waals surface area contributed by atoms with Gasteiger partial charge >= 0.3 is 0 Å². The molecule has 0 aliphatic heterocycles. The Hall–Kier alpha value is -1.31. The van der Waals surface area contributed by atoms with E-state index in [0.717, 1.165) is 5.71 Å². The number of hydrogen-bond acceptors (Lipinski definition) is 2. The van der Waals surface area contributed by atoms with Crippen molar-refractivity contribution in [1.82, 2.24) is 5.01 Å². The molecule has 0 bridgehead atoms. The van der Waals surface area contributed by atoms with Crippen molar-refractivity contribution < 1.29 is 0 Å². The van der Waals surface area contributed by atoms with Crippen molar-refractivity contribution in [3.05, 3.63) is 35.4 Å². The molecule has 1 aromatic rings. The average Bonchev–Trinajstić information content (AvgIpc) is 2.03. The van der Waals surface area contributed by atoms with E-state index in [4.69, 9.17) is 0 Å². The molecule has 1 rings (SSSR count). The minimum Gasteiger partial charge on any atom is -0.303 e. The second-order valence-electron chi connectivity index (χ2n) is 3.35. The van der Waals surface area contributed by atoms with Crippen LogP contribution in [-0.4, -0.2) is 24.8 Å². The quantitative estimate of drug-likeness (QED) is 0.498. The molecule has 70 valence electrons. The number of benzene rings is 1. The third-order valence-corrected chi connectivity index (χ3v) is 1.88. The average molecular weight is 176 g/mol. The maximum Gasteiger partial charge on any atom is 0.0649 e. The predicted octanol–water partition coefficient (Wildman–Crippen LogP) is 2.28. The summed E-state index contributed by atoms with van der Waals surface area (Å²) in [4.78, 5) is 0. The van der Waals surface area contributed by atoms with E-state index >= 15 is 0 Å². The Balaban J connectivity index is 3.02. The minimum absolute atomic E-state index is 1.06.